The summed E-state index contributed by atoms with van der Waals surface area (Å²) in [5.74, 6) is 0.259. The molecule has 1 aromatic heterocycles. The first-order valence-electron chi connectivity index (χ1n) is 8.89. The molecular weight excluding hydrogens is 370 g/mol. The second-order valence-electron chi connectivity index (χ2n) is 6.70. The van der Waals surface area contributed by atoms with Crippen LogP contribution >= 0.6 is 11.3 Å². The van der Waals surface area contributed by atoms with E-state index in [1.807, 2.05) is 11.4 Å². The number of carbonyl (C=O) groups excluding carboxylic acids is 1. The first-order valence-corrected chi connectivity index (χ1v) is 9.77. The molecule has 3 rings (SSSR count). The molecule has 3 aromatic rings. The topological polar surface area (TPSA) is 75.0 Å². The van der Waals surface area contributed by atoms with Crippen LogP contribution in [-0.2, 0) is 4.79 Å². The van der Waals surface area contributed by atoms with Gasteiger partial charge in [-0.05, 0) is 63.1 Å². The van der Waals surface area contributed by atoms with E-state index in [4.69, 9.17) is 10.00 Å². The number of aromatic nitrogens is 1. The molecule has 0 fully saturated rings. The molecule has 0 aliphatic carbocycles. The third-order valence-corrected chi connectivity index (χ3v) is 5.09. The summed E-state index contributed by atoms with van der Waals surface area (Å²) in [6.45, 7) is 7.89. The summed E-state index contributed by atoms with van der Waals surface area (Å²) in [6.07, 6.45) is -0.692. The van der Waals surface area contributed by atoms with Crippen molar-refractivity contribution in [2.75, 3.05) is 5.32 Å². The molecule has 1 atom stereocenters. The van der Waals surface area contributed by atoms with Gasteiger partial charge in [0.2, 0.25) is 0 Å². The Morgan fingerprint density at radius 1 is 1.18 bits per heavy atom. The molecule has 0 radical (unpaired) electrons. The summed E-state index contributed by atoms with van der Waals surface area (Å²) in [6, 6.07) is 13.0. The van der Waals surface area contributed by atoms with Gasteiger partial charge in [-0.3, -0.25) is 10.1 Å². The molecule has 0 aliphatic rings. The molecule has 0 saturated heterocycles. The fourth-order valence-electron chi connectivity index (χ4n) is 3.10. The number of rotatable bonds is 5. The summed E-state index contributed by atoms with van der Waals surface area (Å²) < 4.78 is 5.65. The molecular formula is C22H21N3O2S. The monoisotopic (exact) mass is 391 g/mol. The van der Waals surface area contributed by atoms with Crippen molar-refractivity contribution in [1.82, 2.24) is 4.98 Å². The van der Waals surface area contributed by atoms with Crippen molar-refractivity contribution >= 4 is 22.4 Å². The highest BCUT2D eigenvalue weighted by Gasteiger charge is 2.17. The van der Waals surface area contributed by atoms with Crippen LogP contribution in [0.25, 0.3) is 11.3 Å². The summed E-state index contributed by atoms with van der Waals surface area (Å²) >= 11 is 1.39. The molecule has 6 heteroatoms. The van der Waals surface area contributed by atoms with Crippen LogP contribution in [0.4, 0.5) is 5.13 Å². The average Bonchev–Trinajstić information content (AvgIpc) is 3.09. The Balaban J connectivity index is 1.69. The van der Waals surface area contributed by atoms with Gasteiger partial charge in [-0.15, -0.1) is 11.3 Å². The van der Waals surface area contributed by atoms with Gasteiger partial charge in [0.05, 0.1) is 17.3 Å². The van der Waals surface area contributed by atoms with Crippen LogP contribution < -0.4 is 10.1 Å². The number of ether oxygens (including phenoxy) is 1. The Morgan fingerprint density at radius 3 is 2.43 bits per heavy atom. The molecule has 1 heterocycles. The minimum Gasteiger partial charge on any atom is -0.481 e. The van der Waals surface area contributed by atoms with Crippen LogP contribution in [0.5, 0.6) is 5.75 Å². The molecule has 1 N–H and O–H groups in total. The largest absolute Gasteiger partial charge is 0.481 e. The number of amides is 1. The zero-order chi connectivity index (χ0) is 20.3. The summed E-state index contributed by atoms with van der Waals surface area (Å²) in [4.78, 5) is 17.0. The first-order chi connectivity index (χ1) is 13.4. The van der Waals surface area contributed by atoms with Crippen LogP contribution in [0.1, 0.15) is 29.2 Å². The molecule has 0 saturated carbocycles. The molecule has 28 heavy (non-hydrogen) atoms. The van der Waals surface area contributed by atoms with Crippen LogP contribution in [0.3, 0.4) is 0 Å². The quantitative estimate of drug-likeness (QED) is 0.663. The summed E-state index contributed by atoms with van der Waals surface area (Å²) in [7, 11) is 0. The Labute approximate surface area is 168 Å². The normalized spacial score (nSPS) is 11.5. The molecule has 142 valence electrons. The van der Waals surface area contributed by atoms with Gasteiger partial charge in [-0.2, -0.15) is 5.26 Å². The average molecular weight is 391 g/mol. The molecule has 1 amide bonds. The van der Waals surface area contributed by atoms with Gasteiger partial charge in [-0.1, -0.05) is 17.7 Å². The van der Waals surface area contributed by atoms with Gasteiger partial charge in [0.15, 0.2) is 11.2 Å². The number of benzene rings is 2. The first kappa shape index (κ1) is 19.6. The van der Waals surface area contributed by atoms with Crippen molar-refractivity contribution in [3.8, 4) is 23.1 Å². The number of thiazole rings is 1. The van der Waals surface area contributed by atoms with Gasteiger partial charge in [0.1, 0.15) is 5.75 Å². The molecule has 0 aliphatic heterocycles. The lowest BCUT2D eigenvalue weighted by Crippen LogP contribution is -2.30. The molecule has 0 spiro atoms. The van der Waals surface area contributed by atoms with Crippen molar-refractivity contribution < 1.29 is 9.53 Å². The number of nitrogens with one attached hydrogen (secondary N) is 1. The van der Waals surface area contributed by atoms with Gasteiger partial charge in [-0.25, -0.2) is 4.98 Å². The lowest BCUT2D eigenvalue weighted by molar-refractivity contribution is -0.122. The minimum atomic E-state index is -0.692. The highest BCUT2D eigenvalue weighted by molar-refractivity contribution is 7.14. The molecule has 0 bridgehead atoms. The van der Waals surface area contributed by atoms with E-state index in [1.165, 1.54) is 16.9 Å². The van der Waals surface area contributed by atoms with E-state index in [-0.39, 0.29) is 5.91 Å². The van der Waals surface area contributed by atoms with E-state index >= 15 is 0 Å². The SMILES string of the molecule is Cc1cc(C)c(-c2csc(NC(=O)C(C)Oc3ccc(C#N)cc3)n2)c(C)c1. The lowest BCUT2D eigenvalue weighted by atomic mass is 9.98. The Bertz CT molecular complexity index is 1030. The smallest absolute Gasteiger partial charge is 0.266 e. The van der Waals surface area contributed by atoms with Gasteiger partial charge >= 0.3 is 0 Å². The van der Waals surface area contributed by atoms with Crippen molar-refractivity contribution in [2.24, 2.45) is 0 Å². The maximum absolute atomic E-state index is 12.4. The predicted octanol–water partition coefficient (Wildman–Crippen LogP) is 5.01. The van der Waals surface area contributed by atoms with E-state index in [2.05, 4.69) is 43.2 Å². The van der Waals surface area contributed by atoms with E-state index in [1.54, 1.807) is 31.2 Å². The van der Waals surface area contributed by atoms with E-state index in [9.17, 15) is 4.79 Å². The number of nitriles is 1. The number of nitrogens with zero attached hydrogens (tertiary/aromatic N) is 2. The highest BCUT2D eigenvalue weighted by Crippen LogP contribution is 2.31. The van der Waals surface area contributed by atoms with Crippen LogP contribution in [0.2, 0.25) is 0 Å². The number of carbonyl (C=O) groups is 1. The van der Waals surface area contributed by atoms with Crippen LogP contribution in [0.15, 0.2) is 41.8 Å². The number of hydrogen-bond donors (Lipinski definition) is 1. The standard InChI is InChI=1S/C22H21N3O2S/c1-13-9-14(2)20(15(3)10-13)19-12-28-22(24-19)25-21(26)16(4)27-18-7-5-17(11-23)6-8-18/h5-10,12,16H,1-4H3,(H,24,25,26). The zero-order valence-corrected chi connectivity index (χ0v) is 17.1. The maximum atomic E-state index is 12.4. The van der Waals surface area contributed by atoms with Gasteiger partial charge < -0.3 is 4.74 Å². The maximum Gasteiger partial charge on any atom is 0.266 e. The highest BCUT2D eigenvalue weighted by atomic mass is 32.1. The number of aryl methyl sites for hydroxylation is 3. The Morgan fingerprint density at radius 2 is 1.82 bits per heavy atom. The van der Waals surface area contributed by atoms with Crippen LogP contribution in [-0.4, -0.2) is 17.0 Å². The van der Waals surface area contributed by atoms with Gasteiger partial charge in [0, 0.05) is 10.9 Å². The third-order valence-electron chi connectivity index (χ3n) is 4.33. The number of hydrogen-bond acceptors (Lipinski definition) is 5. The second kappa shape index (κ2) is 8.24. The second-order valence-corrected chi connectivity index (χ2v) is 7.56. The Hall–Kier alpha value is -3.17. The van der Waals surface area contributed by atoms with Crippen molar-refractivity contribution in [3.63, 3.8) is 0 Å². The van der Waals surface area contributed by atoms with Crippen molar-refractivity contribution in [2.45, 2.75) is 33.8 Å². The Kier molecular flexibility index (Phi) is 5.76. The molecule has 5 nitrogen and oxygen atoms in total. The van der Waals surface area contributed by atoms with E-state index in [0.717, 1.165) is 22.4 Å². The summed E-state index contributed by atoms with van der Waals surface area (Å²) in [5, 5.41) is 14.1. The minimum absolute atomic E-state index is 0.275. The van der Waals surface area contributed by atoms with E-state index in [0.29, 0.717) is 16.4 Å². The number of anilines is 1. The van der Waals surface area contributed by atoms with E-state index < -0.39 is 6.10 Å². The fourth-order valence-corrected chi connectivity index (χ4v) is 3.81. The lowest BCUT2D eigenvalue weighted by Gasteiger charge is -2.13. The molecule has 1 unspecified atom stereocenters. The van der Waals surface area contributed by atoms with Crippen molar-refractivity contribution in [1.29, 1.82) is 5.26 Å². The van der Waals surface area contributed by atoms with Gasteiger partial charge in [0.25, 0.3) is 5.91 Å². The van der Waals surface area contributed by atoms with Crippen LogP contribution in [0, 0.1) is 32.1 Å². The third kappa shape index (κ3) is 4.38. The fraction of sp³-hybridized carbons (Fsp3) is 0.227. The predicted molar refractivity (Wildman–Crippen MR) is 112 cm³/mol. The summed E-state index contributed by atoms with van der Waals surface area (Å²) in [5.41, 5.74) is 6.05. The molecule has 2 aromatic carbocycles. The van der Waals surface area contributed by atoms with Crippen molar-refractivity contribution in [3.05, 3.63) is 64.0 Å². The zero-order valence-electron chi connectivity index (χ0n) is 16.2.